The van der Waals surface area contributed by atoms with Gasteiger partial charge >= 0.3 is 0 Å². The van der Waals surface area contributed by atoms with Gasteiger partial charge in [-0.3, -0.25) is 4.79 Å². The SMILES string of the molecule is Cc1cc(-c2ccc(C(N)=O)cc2)cc(C)c1Oc1nc(Nc2ccc(C#N)cc2)nc2c1CC=N2. The van der Waals surface area contributed by atoms with E-state index in [-0.39, 0.29) is 0 Å². The number of nitrogens with zero attached hydrogens (tertiary/aromatic N) is 4. The topological polar surface area (TPSA) is 126 Å². The summed E-state index contributed by atoms with van der Waals surface area (Å²) < 4.78 is 6.36. The number of aliphatic imine (C=N–C) groups is 1. The lowest BCUT2D eigenvalue weighted by atomic mass is 9.98. The Labute approximate surface area is 208 Å². The Kier molecular flexibility index (Phi) is 5.88. The molecule has 1 aromatic heterocycles. The third-order valence-corrected chi connectivity index (χ3v) is 5.89. The first-order valence-electron chi connectivity index (χ1n) is 11.3. The van der Waals surface area contributed by atoms with Crippen molar-refractivity contribution in [2.75, 3.05) is 5.32 Å². The highest BCUT2D eigenvalue weighted by Crippen LogP contribution is 2.38. The smallest absolute Gasteiger partial charge is 0.248 e. The standard InChI is InChI=1S/C28H22N6O2/c1-16-13-21(19-5-7-20(8-6-19)25(30)35)14-17(2)24(16)36-27-23-11-12-31-26(23)33-28(34-27)32-22-9-3-18(15-29)4-10-22/h3-10,12-14H,11H2,1-2H3,(H2,30,35)(H,32,33,34). The third kappa shape index (κ3) is 4.50. The Morgan fingerprint density at radius 1 is 1.00 bits per heavy atom. The van der Waals surface area contributed by atoms with Gasteiger partial charge in [0.05, 0.1) is 17.2 Å². The van der Waals surface area contributed by atoms with E-state index in [9.17, 15) is 4.79 Å². The van der Waals surface area contributed by atoms with Gasteiger partial charge in [0.1, 0.15) is 5.75 Å². The molecule has 1 aliphatic rings. The van der Waals surface area contributed by atoms with E-state index in [1.165, 1.54) is 0 Å². The van der Waals surface area contributed by atoms with Gasteiger partial charge < -0.3 is 15.8 Å². The molecule has 176 valence electrons. The van der Waals surface area contributed by atoms with E-state index in [1.807, 2.05) is 38.1 Å². The first-order chi connectivity index (χ1) is 17.4. The van der Waals surface area contributed by atoms with Gasteiger partial charge in [0.25, 0.3) is 0 Å². The summed E-state index contributed by atoms with van der Waals surface area (Å²) in [6.07, 6.45) is 2.38. The number of hydrogen-bond donors (Lipinski definition) is 2. The van der Waals surface area contributed by atoms with Crippen molar-refractivity contribution in [3.05, 3.63) is 88.5 Å². The molecule has 0 saturated heterocycles. The van der Waals surface area contributed by atoms with Crippen molar-refractivity contribution in [3.8, 4) is 28.8 Å². The number of aromatic nitrogens is 2. The molecule has 0 fully saturated rings. The van der Waals surface area contributed by atoms with Crippen molar-refractivity contribution in [3.63, 3.8) is 0 Å². The Hall–Kier alpha value is -5.03. The number of amides is 1. The van der Waals surface area contributed by atoms with Crippen molar-refractivity contribution in [1.82, 2.24) is 9.97 Å². The fourth-order valence-corrected chi connectivity index (χ4v) is 4.06. The lowest BCUT2D eigenvalue weighted by Gasteiger charge is -2.16. The summed E-state index contributed by atoms with van der Waals surface area (Å²) in [4.78, 5) is 24.9. The molecule has 2 heterocycles. The molecule has 0 bridgehead atoms. The Bertz CT molecular complexity index is 1530. The number of ether oxygens (including phenoxy) is 1. The van der Waals surface area contributed by atoms with E-state index in [0.29, 0.717) is 40.9 Å². The summed E-state index contributed by atoms with van der Waals surface area (Å²) in [5.74, 6) is 1.63. The summed E-state index contributed by atoms with van der Waals surface area (Å²) in [6.45, 7) is 3.97. The van der Waals surface area contributed by atoms with Crippen molar-refractivity contribution in [2.24, 2.45) is 10.7 Å². The van der Waals surface area contributed by atoms with Crippen molar-refractivity contribution >= 4 is 29.6 Å². The van der Waals surface area contributed by atoms with E-state index in [1.54, 1.807) is 42.6 Å². The minimum Gasteiger partial charge on any atom is -0.438 e. The average molecular weight is 475 g/mol. The van der Waals surface area contributed by atoms with Crippen LogP contribution in [-0.4, -0.2) is 22.1 Å². The monoisotopic (exact) mass is 474 g/mol. The normalized spacial score (nSPS) is 11.6. The zero-order chi connectivity index (χ0) is 25.2. The van der Waals surface area contributed by atoms with Crippen molar-refractivity contribution in [2.45, 2.75) is 20.3 Å². The number of aryl methyl sites for hydroxylation is 2. The maximum absolute atomic E-state index is 11.4. The molecule has 3 aromatic carbocycles. The lowest BCUT2D eigenvalue weighted by molar-refractivity contribution is 0.100. The second kappa shape index (κ2) is 9.31. The number of nitrogens with one attached hydrogen (secondary N) is 1. The van der Waals surface area contributed by atoms with Crippen LogP contribution in [0.1, 0.15) is 32.6 Å². The number of rotatable bonds is 6. The molecule has 0 unspecified atom stereocenters. The van der Waals surface area contributed by atoms with Gasteiger partial charge in [-0.25, -0.2) is 4.99 Å². The third-order valence-electron chi connectivity index (χ3n) is 5.89. The van der Waals surface area contributed by atoms with Crippen LogP contribution in [0.5, 0.6) is 11.6 Å². The quantitative estimate of drug-likeness (QED) is 0.379. The molecule has 8 heteroatoms. The van der Waals surface area contributed by atoms with Crippen LogP contribution >= 0.6 is 0 Å². The number of benzene rings is 3. The van der Waals surface area contributed by atoms with Gasteiger partial charge in [-0.1, -0.05) is 12.1 Å². The molecular formula is C28H22N6O2. The molecule has 36 heavy (non-hydrogen) atoms. The molecule has 4 aromatic rings. The van der Waals surface area contributed by atoms with Crippen LogP contribution in [0.25, 0.3) is 11.1 Å². The van der Waals surface area contributed by atoms with Crippen molar-refractivity contribution < 1.29 is 9.53 Å². The molecule has 0 aliphatic carbocycles. The van der Waals surface area contributed by atoms with E-state index < -0.39 is 5.91 Å². The molecule has 1 aliphatic heterocycles. The summed E-state index contributed by atoms with van der Waals surface area (Å²) in [6, 6.07) is 20.4. The summed E-state index contributed by atoms with van der Waals surface area (Å²) >= 11 is 0. The van der Waals surface area contributed by atoms with Gasteiger partial charge in [0, 0.05) is 23.9 Å². The Morgan fingerprint density at radius 3 is 2.33 bits per heavy atom. The predicted molar refractivity (Wildman–Crippen MR) is 138 cm³/mol. The van der Waals surface area contributed by atoms with Gasteiger partial charge in [0.2, 0.25) is 17.7 Å². The molecule has 5 rings (SSSR count). The average Bonchev–Trinajstić information content (AvgIpc) is 3.35. The number of nitriles is 1. The molecule has 0 radical (unpaired) electrons. The Morgan fingerprint density at radius 2 is 1.69 bits per heavy atom. The van der Waals surface area contributed by atoms with Gasteiger partial charge in [-0.2, -0.15) is 15.2 Å². The predicted octanol–water partition coefficient (Wildman–Crippen LogP) is 5.53. The molecule has 1 amide bonds. The summed E-state index contributed by atoms with van der Waals surface area (Å²) in [5, 5.41) is 12.2. The fraction of sp³-hybridized carbons (Fsp3) is 0.107. The van der Waals surface area contributed by atoms with E-state index >= 15 is 0 Å². The summed E-state index contributed by atoms with van der Waals surface area (Å²) in [7, 11) is 0. The molecule has 8 nitrogen and oxygen atoms in total. The van der Waals surface area contributed by atoms with Gasteiger partial charge in [-0.05, 0) is 84.6 Å². The maximum Gasteiger partial charge on any atom is 0.248 e. The van der Waals surface area contributed by atoms with Crippen LogP contribution < -0.4 is 15.8 Å². The first-order valence-corrected chi connectivity index (χ1v) is 11.3. The number of fused-ring (bicyclic) bond motifs is 1. The largest absolute Gasteiger partial charge is 0.438 e. The second-order valence-corrected chi connectivity index (χ2v) is 8.47. The zero-order valence-corrected chi connectivity index (χ0v) is 19.7. The highest BCUT2D eigenvalue weighted by atomic mass is 16.5. The van der Waals surface area contributed by atoms with E-state index in [0.717, 1.165) is 33.5 Å². The van der Waals surface area contributed by atoms with Crippen LogP contribution in [0.15, 0.2) is 65.7 Å². The number of carbonyl (C=O) groups is 1. The molecule has 0 atom stereocenters. The number of nitrogens with two attached hydrogens (primary N) is 1. The molecule has 0 saturated carbocycles. The Balaban J connectivity index is 1.45. The molecule has 0 spiro atoms. The van der Waals surface area contributed by atoms with Crippen LogP contribution in [0.2, 0.25) is 0 Å². The second-order valence-electron chi connectivity index (χ2n) is 8.47. The number of carbonyl (C=O) groups excluding carboxylic acids is 1. The fourth-order valence-electron chi connectivity index (χ4n) is 4.06. The first kappa shape index (κ1) is 22.7. The number of hydrogen-bond acceptors (Lipinski definition) is 7. The minimum absolute atomic E-state index is 0.356. The van der Waals surface area contributed by atoms with Crippen LogP contribution in [0.3, 0.4) is 0 Å². The highest BCUT2D eigenvalue weighted by molar-refractivity contribution is 5.93. The van der Waals surface area contributed by atoms with Crippen LogP contribution in [-0.2, 0) is 6.42 Å². The number of primary amides is 1. The molecular weight excluding hydrogens is 452 g/mol. The van der Waals surface area contributed by atoms with Crippen LogP contribution in [0, 0.1) is 25.2 Å². The van der Waals surface area contributed by atoms with Gasteiger partial charge in [-0.15, -0.1) is 0 Å². The van der Waals surface area contributed by atoms with E-state index in [2.05, 4.69) is 26.3 Å². The minimum atomic E-state index is -0.452. The van der Waals surface area contributed by atoms with Crippen LogP contribution in [0.4, 0.5) is 17.5 Å². The lowest BCUT2D eigenvalue weighted by Crippen LogP contribution is -2.10. The van der Waals surface area contributed by atoms with Gasteiger partial charge in [0.15, 0.2) is 5.82 Å². The van der Waals surface area contributed by atoms with E-state index in [4.69, 9.17) is 15.7 Å². The summed E-state index contributed by atoms with van der Waals surface area (Å²) in [5.41, 5.74) is 11.8. The molecule has 3 N–H and O–H groups in total. The highest BCUT2D eigenvalue weighted by Gasteiger charge is 2.20. The maximum atomic E-state index is 11.4. The van der Waals surface area contributed by atoms with Crippen molar-refractivity contribution in [1.29, 1.82) is 5.26 Å². The zero-order valence-electron chi connectivity index (χ0n) is 19.7. The number of anilines is 2.